The fourth-order valence-electron chi connectivity index (χ4n) is 3.96. The van der Waals surface area contributed by atoms with Crippen molar-refractivity contribution in [3.63, 3.8) is 0 Å². The molecule has 0 saturated carbocycles. The summed E-state index contributed by atoms with van der Waals surface area (Å²) >= 11 is 0. The number of nitrogens with zero attached hydrogens (tertiary/aromatic N) is 2. The lowest BCUT2D eigenvalue weighted by molar-refractivity contribution is 0.195. The maximum absolute atomic E-state index is 6.20. The molecule has 0 aliphatic carbocycles. The van der Waals surface area contributed by atoms with Crippen LogP contribution in [0.4, 0.5) is 0 Å². The molecule has 2 aromatic rings. The Balaban J connectivity index is 1.35. The number of nitrogens with one attached hydrogen (secondary N) is 1. The van der Waals surface area contributed by atoms with E-state index < -0.39 is 0 Å². The van der Waals surface area contributed by atoms with Gasteiger partial charge < -0.3 is 15.8 Å². The third kappa shape index (κ3) is 4.08. The van der Waals surface area contributed by atoms with Crippen molar-refractivity contribution in [3.05, 3.63) is 65.2 Å². The molecule has 2 aliphatic heterocycles. The van der Waals surface area contributed by atoms with Gasteiger partial charge in [-0.05, 0) is 30.5 Å². The van der Waals surface area contributed by atoms with Crippen molar-refractivity contribution in [1.29, 1.82) is 0 Å². The Morgan fingerprint density at radius 1 is 1.22 bits per heavy atom. The molecule has 0 amide bonds. The molecule has 0 saturated heterocycles. The number of benzene rings is 2. The van der Waals surface area contributed by atoms with Crippen LogP contribution in [0.15, 0.2) is 53.5 Å². The highest BCUT2D eigenvalue weighted by Gasteiger charge is 2.22. The molecule has 2 heterocycles. The van der Waals surface area contributed by atoms with E-state index in [1.165, 1.54) is 11.1 Å². The molecule has 0 aromatic heterocycles. The summed E-state index contributed by atoms with van der Waals surface area (Å²) in [6, 6.07) is 17.4. The summed E-state index contributed by atoms with van der Waals surface area (Å²) in [5, 5.41) is 3.38. The second-order valence-corrected chi connectivity index (χ2v) is 7.44. The normalized spacial score (nSPS) is 20.9. The predicted octanol–water partition coefficient (Wildman–Crippen LogP) is 2.86. The van der Waals surface area contributed by atoms with Gasteiger partial charge in [0.25, 0.3) is 0 Å². The minimum absolute atomic E-state index is 0.163. The number of guanidine groups is 1. The largest absolute Gasteiger partial charge is 0.493 e. The lowest BCUT2D eigenvalue weighted by atomic mass is 9.99. The first-order chi connectivity index (χ1) is 13.2. The van der Waals surface area contributed by atoms with Gasteiger partial charge in [0.2, 0.25) is 0 Å². The van der Waals surface area contributed by atoms with Gasteiger partial charge in [0, 0.05) is 31.1 Å². The van der Waals surface area contributed by atoms with Crippen molar-refractivity contribution in [1.82, 2.24) is 10.2 Å². The van der Waals surface area contributed by atoms with Gasteiger partial charge in [-0.25, -0.2) is 0 Å². The van der Waals surface area contributed by atoms with Gasteiger partial charge in [0.05, 0.1) is 19.2 Å². The molecule has 4 rings (SSSR count). The number of rotatable bonds is 4. The quantitative estimate of drug-likeness (QED) is 0.647. The fraction of sp³-hybridized carbons (Fsp3) is 0.409. The van der Waals surface area contributed by atoms with Crippen molar-refractivity contribution in [3.8, 4) is 5.75 Å². The van der Waals surface area contributed by atoms with Crippen LogP contribution >= 0.6 is 0 Å². The summed E-state index contributed by atoms with van der Waals surface area (Å²) in [4.78, 5) is 7.11. The second-order valence-electron chi connectivity index (χ2n) is 7.44. The molecule has 5 heteroatoms. The van der Waals surface area contributed by atoms with Crippen LogP contribution in [0.3, 0.4) is 0 Å². The Labute approximate surface area is 161 Å². The van der Waals surface area contributed by atoms with Crippen molar-refractivity contribution < 1.29 is 4.74 Å². The first-order valence-electron chi connectivity index (χ1n) is 9.79. The maximum atomic E-state index is 6.20. The van der Waals surface area contributed by atoms with Crippen LogP contribution in [0.25, 0.3) is 0 Å². The number of fused-ring (bicyclic) bond motifs is 2. The first kappa shape index (κ1) is 17.9. The zero-order chi connectivity index (χ0) is 18.6. The molecule has 142 valence electrons. The number of hydrogen-bond acceptors (Lipinski definition) is 3. The summed E-state index contributed by atoms with van der Waals surface area (Å²) in [6.07, 6.45) is 2.00. The number of para-hydroxylation sites is 1. The molecule has 27 heavy (non-hydrogen) atoms. The zero-order valence-electron chi connectivity index (χ0n) is 15.9. The van der Waals surface area contributed by atoms with Gasteiger partial charge in [0.15, 0.2) is 5.96 Å². The van der Waals surface area contributed by atoms with E-state index in [-0.39, 0.29) is 6.04 Å². The average Bonchev–Trinajstić information content (AvgIpc) is 2.72. The zero-order valence-corrected chi connectivity index (χ0v) is 15.9. The van der Waals surface area contributed by atoms with Crippen molar-refractivity contribution in [2.75, 3.05) is 19.7 Å². The van der Waals surface area contributed by atoms with E-state index in [0.29, 0.717) is 25.2 Å². The molecule has 0 fully saturated rings. The van der Waals surface area contributed by atoms with Gasteiger partial charge in [-0.15, -0.1) is 0 Å². The van der Waals surface area contributed by atoms with Crippen LogP contribution < -0.4 is 15.8 Å². The summed E-state index contributed by atoms with van der Waals surface area (Å²) < 4.78 is 5.71. The van der Waals surface area contributed by atoms with Crippen LogP contribution in [0.5, 0.6) is 5.75 Å². The monoisotopic (exact) mass is 364 g/mol. The maximum Gasteiger partial charge on any atom is 0.189 e. The second kappa shape index (κ2) is 8.01. The van der Waals surface area contributed by atoms with E-state index in [0.717, 1.165) is 37.2 Å². The van der Waals surface area contributed by atoms with Crippen LogP contribution in [-0.4, -0.2) is 36.6 Å². The van der Waals surface area contributed by atoms with E-state index in [1.54, 1.807) is 0 Å². The Hall–Kier alpha value is -2.53. The summed E-state index contributed by atoms with van der Waals surface area (Å²) in [6.45, 7) is 5.70. The van der Waals surface area contributed by atoms with Gasteiger partial charge in [-0.3, -0.25) is 9.89 Å². The molecule has 2 aliphatic rings. The third-order valence-corrected chi connectivity index (χ3v) is 5.59. The molecule has 0 radical (unpaired) electrons. The highest BCUT2D eigenvalue weighted by atomic mass is 16.5. The Morgan fingerprint density at radius 2 is 2.00 bits per heavy atom. The standard InChI is InChI=1S/C22H28N4O/c1-16(26-12-10-17-6-2-3-7-18(17)15-26)14-24-22(23)25-20-11-13-27-21-9-5-4-8-19(20)21/h2-9,16,20H,10-15H2,1H3,(H3,23,24,25). The Kier molecular flexibility index (Phi) is 5.30. The van der Waals surface area contributed by atoms with Gasteiger partial charge in [-0.1, -0.05) is 42.5 Å². The highest BCUT2D eigenvalue weighted by molar-refractivity contribution is 5.78. The van der Waals surface area contributed by atoms with Gasteiger partial charge >= 0.3 is 0 Å². The number of hydrogen-bond donors (Lipinski definition) is 2. The molecule has 0 spiro atoms. The van der Waals surface area contributed by atoms with Crippen molar-refractivity contribution >= 4 is 5.96 Å². The van der Waals surface area contributed by atoms with E-state index in [9.17, 15) is 0 Å². The number of ether oxygens (including phenoxy) is 1. The van der Waals surface area contributed by atoms with Crippen LogP contribution in [0.2, 0.25) is 0 Å². The topological polar surface area (TPSA) is 62.9 Å². The smallest absolute Gasteiger partial charge is 0.189 e. The van der Waals surface area contributed by atoms with E-state index in [1.807, 2.05) is 18.2 Å². The minimum atomic E-state index is 0.163. The number of nitrogens with two attached hydrogens (primary N) is 1. The SMILES string of the molecule is CC(CN=C(N)NC1CCOc2ccccc21)N1CCc2ccccc2C1. The van der Waals surface area contributed by atoms with E-state index in [4.69, 9.17) is 10.5 Å². The molecule has 0 bridgehead atoms. The summed E-state index contributed by atoms with van der Waals surface area (Å²) in [5.41, 5.74) is 10.3. The Morgan fingerprint density at radius 3 is 2.89 bits per heavy atom. The molecule has 2 atom stereocenters. The van der Waals surface area contributed by atoms with Gasteiger partial charge in [-0.2, -0.15) is 0 Å². The first-order valence-corrected chi connectivity index (χ1v) is 9.79. The van der Waals surface area contributed by atoms with E-state index in [2.05, 4.69) is 52.5 Å². The molecule has 5 nitrogen and oxygen atoms in total. The molecule has 3 N–H and O–H groups in total. The van der Waals surface area contributed by atoms with Crippen LogP contribution in [0, 0.1) is 0 Å². The molecular formula is C22H28N4O. The van der Waals surface area contributed by atoms with Crippen LogP contribution in [-0.2, 0) is 13.0 Å². The lowest BCUT2D eigenvalue weighted by Crippen LogP contribution is -2.41. The summed E-state index contributed by atoms with van der Waals surface area (Å²) in [7, 11) is 0. The van der Waals surface area contributed by atoms with Crippen molar-refractivity contribution in [2.24, 2.45) is 10.7 Å². The van der Waals surface area contributed by atoms with Crippen LogP contribution in [0.1, 0.15) is 36.1 Å². The minimum Gasteiger partial charge on any atom is -0.493 e. The third-order valence-electron chi connectivity index (χ3n) is 5.59. The van der Waals surface area contributed by atoms with Crippen molar-refractivity contribution in [2.45, 2.75) is 38.4 Å². The number of aliphatic imine (C=N–C) groups is 1. The molecule has 2 aromatic carbocycles. The summed E-state index contributed by atoms with van der Waals surface area (Å²) in [5.74, 6) is 1.45. The van der Waals surface area contributed by atoms with Gasteiger partial charge in [0.1, 0.15) is 5.75 Å². The predicted molar refractivity (Wildman–Crippen MR) is 109 cm³/mol. The highest BCUT2D eigenvalue weighted by Crippen LogP contribution is 2.31. The average molecular weight is 364 g/mol. The molecule has 2 unspecified atom stereocenters. The van der Waals surface area contributed by atoms with E-state index >= 15 is 0 Å². The Bertz CT molecular complexity index is 819. The molecular weight excluding hydrogens is 336 g/mol. The fourth-order valence-corrected chi connectivity index (χ4v) is 3.96. The lowest BCUT2D eigenvalue weighted by Gasteiger charge is -2.33.